The number of aryl methyl sites for hydroxylation is 3. The number of aromatic nitrogens is 3. The van der Waals surface area contributed by atoms with E-state index in [2.05, 4.69) is 9.97 Å². The third-order valence-corrected chi connectivity index (χ3v) is 3.78. The smallest absolute Gasteiger partial charge is 0.160 e. The molecule has 0 unspecified atom stereocenters. The zero-order valence-electron chi connectivity index (χ0n) is 11.1. The monoisotopic (exact) mass is 271 g/mol. The van der Waals surface area contributed by atoms with E-state index in [1.165, 1.54) is 0 Å². The number of nitrogens with zero attached hydrogens (tertiary/aromatic N) is 3. The van der Waals surface area contributed by atoms with E-state index in [1.54, 1.807) is 0 Å². The summed E-state index contributed by atoms with van der Waals surface area (Å²) in [4.78, 5) is 9.10. The molecule has 0 atom stereocenters. The van der Waals surface area contributed by atoms with Gasteiger partial charge in [0.2, 0.25) is 0 Å². The van der Waals surface area contributed by atoms with E-state index >= 15 is 0 Å². The van der Waals surface area contributed by atoms with E-state index in [0.717, 1.165) is 38.7 Å². The van der Waals surface area contributed by atoms with Crippen LogP contribution < -0.4 is 0 Å². The summed E-state index contributed by atoms with van der Waals surface area (Å²) in [5.74, 6) is 0.849. The summed E-state index contributed by atoms with van der Waals surface area (Å²) >= 11 is 6.38. The van der Waals surface area contributed by atoms with Gasteiger partial charge in [0.1, 0.15) is 11.3 Å². The van der Waals surface area contributed by atoms with Gasteiger partial charge in [-0.2, -0.15) is 0 Å². The standard InChI is InChI=1S/C15H14ClN3/c1-9-7-12-15(17-8-9)19(3)14(18-12)11-6-4-5-10(2)13(11)16/h4-8H,1-3H3. The van der Waals surface area contributed by atoms with Crippen molar-refractivity contribution in [3.63, 3.8) is 0 Å². The van der Waals surface area contributed by atoms with Crippen LogP contribution in [0.5, 0.6) is 0 Å². The molecule has 0 N–H and O–H groups in total. The number of halogens is 1. The van der Waals surface area contributed by atoms with Gasteiger partial charge in [-0.25, -0.2) is 9.97 Å². The Morgan fingerprint density at radius 1 is 1.21 bits per heavy atom. The minimum atomic E-state index is 0.748. The third-order valence-electron chi connectivity index (χ3n) is 3.28. The molecule has 0 spiro atoms. The minimum absolute atomic E-state index is 0.748. The Labute approximate surface area is 116 Å². The maximum atomic E-state index is 6.38. The highest BCUT2D eigenvalue weighted by atomic mass is 35.5. The molecule has 0 fully saturated rings. The summed E-state index contributed by atoms with van der Waals surface area (Å²) in [7, 11) is 1.96. The van der Waals surface area contributed by atoms with Crippen LogP contribution in [-0.2, 0) is 7.05 Å². The van der Waals surface area contributed by atoms with Gasteiger partial charge >= 0.3 is 0 Å². The molecule has 1 aromatic carbocycles. The molecular weight excluding hydrogens is 258 g/mol. The first-order valence-electron chi connectivity index (χ1n) is 6.12. The third kappa shape index (κ3) is 1.90. The maximum Gasteiger partial charge on any atom is 0.160 e. The first-order valence-corrected chi connectivity index (χ1v) is 6.50. The topological polar surface area (TPSA) is 30.7 Å². The molecule has 3 nitrogen and oxygen atoms in total. The molecule has 0 aliphatic heterocycles. The number of fused-ring (bicyclic) bond motifs is 1. The van der Waals surface area contributed by atoms with Gasteiger partial charge in [0, 0.05) is 18.8 Å². The number of benzene rings is 1. The zero-order valence-corrected chi connectivity index (χ0v) is 11.9. The maximum absolute atomic E-state index is 6.38. The highest BCUT2D eigenvalue weighted by Crippen LogP contribution is 2.31. The second-order valence-electron chi connectivity index (χ2n) is 4.79. The Kier molecular flexibility index (Phi) is 2.79. The van der Waals surface area contributed by atoms with Crippen molar-refractivity contribution in [2.75, 3.05) is 0 Å². The van der Waals surface area contributed by atoms with Crippen molar-refractivity contribution in [1.82, 2.24) is 14.5 Å². The van der Waals surface area contributed by atoms with Crippen molar-refractivity contribution in [1.29, 1.82) is 0 Å². The normalized spacial score (nSPS) is 11.2. The van der Waals surface area contributed by atoms with Gasteiger partial charge in [0.15, 0.2) is 5.65 Å². The highest BCUT2D eigenvalue weighted by molar-refractivity contribution is 6.34. The largest absolute Gasteiger partial charge is 0.312 e. The van der Waals surface area contributed by atoms with Gasteiger partial charge in [-0.3, -0.25) is 0 Å². The van der Waals surface area contributed by atoms with Crippen LogP contribution in [0.1, 0.15) is 11.1 Å². The Morgan fingerprint density at radius 3 is 2.79 bits per heavy atom. The molecule has 0 radical (unpaired) electrons. The predicted octanol–water partition coefficient (Wildman–Crippen LogP) is 3.91. The average molecular weight is 272 g/mol. The molecule has 0 saturated heterocycles. The first-order chi connectivity index (χ1) is 9.08. The lowest BCUT2D eigenvalue weighted by molar-refractivity contribution is 0.941. The molecule has 19 heavy (non-hydrogen) atoms. The fourth-order valence-corrected chi connectivity index (χ4v) is 2.45. The van der Waals surface area contributed by atoms with Gasteiger partial charge in [-0.15, -0.1) is 0 Å². The van der Waals surface area contributed by atoms with Crippen LogP contribution in [-0.4, -0.2) is 14.5 Å². The Bertz CT molecular complexity index is 774. The minimum Gasteiger partial charge on any atom is -0.312 e. The lowest BCUT2D eigenvalue weighted by atomic mass is 10.1. The van der Waals surface area contributed by atoms with Crippen LogP contribution in [0.15, 0.2) is 30.5 Å². The van der Waals surface area contributed by atoms with Crippen LogP contribution in [0.3, 0.4) is 0 Å². The lowest BCUT2D eigenvalue weighted by Crippen LogP contribution is -1.95. The van der Waals surface area contributed by atoms with E-state index in [-0.39, 0.29) is 0 Å². The number of rotatable bonds is 1. The van der Waals surface area contributed by atoms with Crippen molar-refractivity contribution in [2.24, 2.45) is 7.05 Å². The zero-order chi connectivity index (χ0) is 13.6. The molecule has 4 heteroatoms. The molecule has 0 saturated carbocycles. The summed E-state index contributed by atoms with van der Waals surface area (Å²) in [6, 6.07) is 8.02. The van der Waals surface area contributed by atoms with Crippen LogP contribution >= 0.6 is 11.6 Å². The number of hydrogen-bond donors (Lipinski definition) is 0. The quantitative estimate of drug-likeness (QED) is 0.672. The number of imidazole rings is 1. The second-order valence-corrected chi connectivity index (χ2v) is 5.16. The summed E-state index contributed by atoms with van der Waals surface area (Å²) < 4.78 is 1.98. The Hall–Kier alpha value is -1.87. The van der Waals surface area contributed by atoms with Gasteiger partial charge < -0.3 is 4.57 Å². The van der Waals surface area contributed by atoms with Gasteiger partial charge in [-0.05, 0) is 37.1 Å². The number of hydrogen-bond acceptors (Lipinski definition) is 2. The van der Waals surface area contributed by atoms with Crippen molar-refractivity contribution in [2.45, 2.75) is 13.8 Å². The average Bonchev–Trinajstić information content (AvgIpc) is 2.69. The van der Waals surface area contributed by atoms with Gasteiger partial charge in [0.25, 0.3) is 0 Å². The fourth-order valence-electron chi connectivity index (χ4n) is 2.24. The van der Waals surface area contributed by atoms with Gasteiger partial charge in [0.05, 0.1) is 5.02 Å². The van der Waals surface area contributed by atoms with Crippen molar-refractivity contribution >= 4 is 22.8 Å². The van der Waals surface area contributed by atoms with Crippen molar-refractivity contribution < 1.29 is 0 Å². The van der Waals surface area contributed by atoms with Crippen LogP contribution in [0.4, 0.5) is 0 Å². The summed E-state index contributed by atoms with van der Waals surface area (Å²) in [5.41, 5.74) is 4.87. The van der Waals surface area contributed by atoms with Gasteiger partial charge in [-0.1, -0.05) is 23.7 Å². The Balaban J connectivity index is 2.31. The second kappa shape index (κ2) is 4.35. The van der Waals surface area contributed by atoms with E-state index in [9.17, 15) is 0 Å². The summed E-state index contributed by atoms with van der Waals surface area (Å²) in [6.45, 7) is 4.01. The first kappa shape index (κ1) is 12.2. The molecule has 2 aromatic heterocycles. The summed E-state index contributed by atoms with van der Waals surface area (Å²) in [6.07, 6.45) is 1.85. The lowest BCUT2D eigenvalue weighted by Gasteiger charge is -2.06. The Morgan fingerprint density at radius 2 is 2.00 bits per heavy atom. The fraction of sp³-hybridized carbons (Fsp3) is 0.200. The molecule has 3 rings (SSSR count). The van der Waals surface area contributed by atoms with Crippen molar-refractivity contribution in [3.05, 3.63) is 46.6 Å². The van der Waals surface area contributed by atoms with Crippen LogP contribution in [0, 0.1) is 13.8 Å². The molecule has 0 aliphatic carbocycles. The van der Waals surface area contributed by atoms with E-state index in [4.69, 9.17) is 11.6 Å². The molecule has 0 amide bonds. The molecule has 3 aromatic rings. The molecular formula is C15H14ClN3. The number of pyridine rings is 1. The van der Waals surface area contributed by atoms with Crippen LogP contribution in [0.25, 0.3) is 22.6 Å². The van der Waals surface area contributed by atoms with E-state index < -0.39 is 0 Å². The molecule has 96 valence electrons. The van der Waals surface area contributed by atoms with E-state index in [1.807, 2.05) is 55.9 Å². The molecule has 0 bridgehead atoms. The molecule has 0 aliphatic rings. The van der Waals surface area contributed by atoms with Crippen LogP contribution in [0.2, 0.25) is 5.02 Å². The molecule has 2 heterocycles. The van der Waals surface area contributed by atoms with E-state index in [0.29, 0.717) is 0 Å². The van der Waals surface area contributed by atoms with Crippen molar-refractivity contribution in [3.8, 4) is 11.4 Å². The SMILES string of the molecule is Cc1cnc2c(c1)nc(-c1cccc(C)c1Cl)n2C. The highest BCUT2D eigenvalue weighted by Gasteiger charge is 2.14. The predicted molar refractivity (Wildman–Crippen MR) is 78.4 cm³/mol. The summed E-state index contributed by atoms with van der Waals surface area (Å²) in [5, 5.41) is 0.748.